The molecule has 1 amide bonds. The molecule has 17 heavy (non-hydrogen) atoms. The molecular weight excluding hydrogens is 257 g/mol. The molecule has 94 valence electrons. The van der Waals surface area contributed by atoms with Crippen molar-refractivity contribution in [1.29, 1.82) is 0 Å². The van der Waals surface area contributed by atoms with Crippen LogP contribution in [0.15, 0.2) is 18.2 Å². The predicted octanol–water partition coefficient (Wildman–Crippen LogP) is 3.79. The van der Waals surface area contributed by atoms with Gasteiger partial charge in [-0.3, -0.25) is 4.79 Å². The van der Waals surface area contributed by atoms with Crippen LogP contribution in [0.4, 0.5) is 0 Å². The van der Waals surface area contributed by atoms with E-state index in [-0.39, 0.29) is 11.4 Å². The van der Waals surface area contributed by atoms with E-state index in [2.05, 4.69) is 5.32 Å². The van der Waals surface area contributed by atoms with Crippen molar-refractivity contribution < 1.29 is 4.79 Å². The summed E-state index contributed by atoms with van der Waals surface area (Å²) in [5.41, 5.74) is 1.13. The van der Waals surface area contributed by atoms with Crippen molar-refractivity contribution in [3.63, 3.8) is 0 Å². The molecule has 1 aromatic rings. The fraction of sp³-hybridized carbons (Fsp3) is 0.462. The highest BCUT2D eigenvalue weighted by Crippen LogP contribution is 2.18. The molecule has 0 fully saturated rings. The number of amides is 1. The lowest BCUT2D eigenvalue weighted by Gasteiger charge is -2.27. The van der Waals surface area contributed by atoms with Gasteiger partial charge in [-0.25, -0.2) is 0 Å². The smallest absolute Gasteiger partial charge is 0.251 e. The number of hydrogen-bond acceptors (Lipinski definition) is 1. The minimum Gasteiger partial charge on any atom is -0.346 e. The molecule has 0 aliphatic heterocycles. The maximum absolute atomic E-state index is 12.0. The zero-order chi connectivity index (χ0) is 13.1. The van der Waals surface area contributed by atoms with E-state index in [0.717, 1.165) is 12.0 Å². The largest absolute Gasteiger partial charge is 0.346 e. The fourth-order valence-corrected chi connectivity index (χ4v) is 1.72. The molecule has 0 aliphatic carbocycles. The molecule has 0 aromatic heterocycles. The minimum atomic E-state index is -0.369. The molecule has 0 radical (unpaired) electrons. The highest BCUT2D eigenvalue weighted by atomic mass is 35.5. The fourth-order valence-electron chi connectivity index (χ4n) is 1.35. The summed E-state index contributed by atoms with van der Waals surface area (Å²) in [6.07, 6.45) is 0.787. The van der Waals surface area contributed by atoms with Crippen molar-refractivity contribution >= 4 is 29.1 Å². The molecule has 2 nitrogen and oxygen atoms in total. The van der Waals surface area contributed by atoms with Gasteiger partial charge in [-0.1, -0.05) is 18.5 Å². The third kappa shape index (κ3) is 3.62. The Bertz CT molecular complexity index is 414. The average molecular weight is 274 g/mol. The first-order valence-electron chi connectivity index (χ1n) is 5.56. The number of hydrogen-bond donors (Lipinski definition) is 1. The van der Waals surface area contributed by atoms with Crippen LogP contribution in [0.5, 0.6) is 0 Å². The molecule has 1 rings (SSSR count). The van der Waals surface area contributed by atoms with Crippen LogP contribution >= 0.6 is 23.2 Å². The Morgan fingerprint density at radius 2 is 2.12 bits per heavy atom. The average Bonchev–Trinajstić information content (AvgIpc) is 2.32. The van der Waals surface area contributed by atoms with Crippen LogP contribution in [-0.4, -0.2) is 17.3 Å². The Balaban J connectivity index is 2.86. The van der Waals surface area contributed by atoms with E-state index in [0.29, 0.717) is 16.5 Å². The molecule has 0 heterocycles. The number of alkyl halides is 1. The standard InChI is InChI=1S/C13H17Cl2NO/c1-4-13(3,8-14)16-12(17)10-5-6-11(15)9(2)7-10/h5-7H,4,8H2,1-3H3,(H,16,17). The normalized spacial score (nSPS) is 14.2. The lowest BCUT2D eigenvalue weighted by Crippen LogP contribution is -2.47. The third-order valence-corrected chi connectivity index (χ3v) is 3.92. The first-order valence-corrected chi connectivity index (χ1v) is 6.48. The summed E-state index contributed by atoms with van der Waals surface area (Å²) in [6.45, 7) is 5.80. The van der Waals surface area contributed by atoms with Gasteiger partial charge in [0.05, 0.1) is 5.54 Å². The highest BCUT2D eigenvalue weighted by molar-refractivity contribution is 6.31. The monoisotopic (exact) mass is 273 g/mol. The van der Waals surface area contributed by atoms with Crippen LogP contribution in [0.2, 0.25) is 5.02 Å². The number of rotatable bonds is 4. The molecular formula is C13H17Cl2NO. The second kappa shape index (κ2) is 5.74. The molecule has 1 atom stereocenters. The Kier molecular flexibility index (Phi) is 4.84. The zero-order valence-corrected chi connectivity index (χ0v) is 11.8. The van der Waals surface area contributed by atoms with E-state index in [1.807, 2.05) is 20.8 Å². The summed E-state index contributed by atoms with van der Waals surface area (Å²) in [5.74, 6) is 0.275. The van der Waals surface area contributed by atoms with Crippen molar-refractivity contribution in [3.8, 4) is 0 Å². The Hall–Kier alpha value is -0.730. The van der Waals surface area contributed by atoms with Gasteiger partial charge >= 0.3 is 0 Å². The number of halogens is 2. The summed E-state index contributed by atoms with van der Waals surface area (Å²) in [4.78, 5) is 12.0. The van der Waals surface area contributed by atoms with Gasteiger partial charge < -0.3 is 5.32 Å². The van der Waals surface area contributed by atoms with Crippen LogP contribution in [0.25, 0.3) is 0 Å². The van der Waals surface area contributed by atoms with E-state index in [1.54, 1.807) is 18.2 Å². The summed E-state index contributed by atoms with van der Waals surface area (Å²) in [7, 11) is 0. The van der Waals surface area contributed by atoms with Crippen molar-refractivity contribution in [2.24, 2.45) is 0 Å². The van der Waals surface area contributed by atoms with E-state index in [1.165, 1.54) is 0 Å². The molecule has 0 bridgehead atoms. The molecule has 1 unspecified atom stereocenters. The maximum Gasteiger partial charge on any atom is 0.251 e. The first-order chi connectivity index (χ1) is 7.91. The van der Waals surface area contributed by atoms with Gasteiger partial charge in [0.25, 0.3) is 5.91 Å². The summed E-state index contributed by atoms with van der Waals surface area (Å²) in [5, 5.41) is 3.61. The summed E-state index contributed by atoms with van der Waals surface area (Å²) < 4.78 is 0. The Morgan fingerprint density at radius 1 is 1.47 bits per heavy atom. The topological polar surface area (TPSA) is 29.1 Å². The van der Waals surface area contributed by atoms with Crippen molar-refractivity contribution in [3.05, 3.63) is 34.3 Å². The molecule has 0 spiro atoms. The van der Waals surface area contributed by atoms with Gasteiger partial charge in [0.15, 0.2) is 0 Å². The van der Waals surface area contributed by atoms with Gasteiger partial charge in [0, 0.05) is 16.5 Å². The van der Waals surface area contributed by atoms with E-state index in [4.69, 9.17) is 23.2 Å². The molecule has 1 N–H and O–H groups in total. The van der Waals surface area contributed by atoms with Gasteiger partial charge in [-0.15, -0.1) is 11.6 Å². The van der Waals surface area contributed by atoms with Crippen LogP contribution in [0, 0.1) is 6.92 Å². The number of benzene rings is 1. The summed E-state index contributed by atoms with van der Waals surface area (Å²) in [6, 6.07) is 5.23. The number of nitrogens with one attached hydrogen (secondary N) is 1. The molecule has 0 aliphatic rings. The third-order valence-electron chi connectivity index (χ3n) is 2.91. The maximum atomic E-state index is 12.0. The van der Waals surface area contributed by atoms with Gasteiger partial charge in [0.1, 0.15) is 0 Å². The lowest BCUT2D eigenvalue weighted by molar-refractivity contribution is 0.0912. The second-order valence-corrected chi connectivity index (χ2v) is 5.14. The molecule has 4 heteroatoms. The quantitative estimate of drug-likeness (QED) is 0.832. The predicted molar refractivity (Wildman–Crippen MR) is 73.1 cm³/mol. The highest BCUT2D eigenvalue weighted by Gasteiger charge is 2.23. The van der Waals surface area contributed by atoms with E-state index >= 15 is 0 Å². The van der Waals surface area contributed by atoms with Gasteiger partial charge in [0.2, 0.25) is 0 Å². The Morgan fingerprint density at radius 3 is 2.59 bits per heavy atom. The Labute approximate surface area is 112 Å². The van der Waals surface area contributed by atoms with Crippen LogP contribution in [0.1, 0.15) is 36.2 Å². The van der Waals surface area contributed by atoms with Crippen LogP contribution < -0.4 is 5.32 Å². The van der Waals surface area contributed by atoms with Crippen molar-refractivity contribution in [2.75, 3.05) is 5.88 Å². The van der Waals surface area contributed by atoms with E-state index < -0.39 is 0 Å². The minimum absolute atomic E-state index is 0.116. The second-order valence-electron chi connectivity index (χ2n) is 4.47. The van der Waals surface area contributed by atoms with Gasteiger partial charge in [-0.2, -0.15) is 0 Å². The SMILES string of the molecule is CCC(C)(CCl)NC(=O)c1ccc(Cl)c(C)c1. The van der Waals surface area contributed by atoms with Gasteiger partial charge in [-0.05, 0) is 44.0 Å². The van der Waals surface area contributed by atoms with Crippen molar-refractivity contribution in [1.82, 2.24) is 5.32 Å². The number of carbonyl (C=O) groups is 1. The first kappa shape index (κ1) is 14.3. The zero-order valence-electron chi connectivity index (χ0n) is 10.3. The van der Waals surface area contributed by atoms with Crippen molar-refractivity contribution in [2.45, 2.75) is 32.7 Å². The van der Waals surface area contributed by atoms with Crippen LogP contribution in [0.3, 0.4) is 0 Å². The van der Waals surface area contributed by atoms with E-state index in [9.17, 15) is 4.79 Å². The number of carbonyl (C=O) groups excluding carboxylic acids is 1. The molecule has 0 saturated carbocycles. The number of aryl methyl sites for hydroxylation is 1. The lowest BCUT2D eigenvalue weighted by atomic mass is 10.0. The van der Waals surface area contributed by atoms with Crippen LogP contribution in [-0.2, 0) is 0 Å². The molecule has 0 saturated heterocycles. The molecule has 1 aromatic carbocycles. The summed E-state index contributed by atoms with van der Waals surface area (Å²) >= 11 is 11.8.